The van der Waals surface area contributed by atoms with Crippen LogP contribution in [0.2, 0.25) is 5.02 Å². The highest BCUT2D eigenvalue weighted by Gasteiger charge is 2.42. The number of pyridine rings is 1. The van der Waals surface area contributed by atoms with Gasteiger partial charge in [0.25, 0.3) is 0 Å². The maximum absolute atomic E-state index is 14.7. The first-order valence-corrected chi connectivity index (χ1v) is 11.4. The summed E-state index contributed by atoms with van der Waals surface area (Å²) in [6.45, 7) is 4.01. The Balaban J connectivity index is 1.69. The Morgan fingerprint density at radius 2 is 1.73 bits per heavy atom. The van der Waals surface area contributed by atoms with E-state index < -0.39 is 0 Å². The number of aryl methyl sites for hydroxylation is 1. The molecule has 2 atom stereocenters. The van der Waals surface area contributed by atoms with Gasteiger partial charge in [-0.1, -0.05) is 29.8 Å². The molecule has 2 aromatic heterocycles. The average Bonchev–Trinajstić information content (AvgIpc) is 3.31. The van der Waals surface area contributed by atoms with Crippen molar-refractivity contribution in [2.45, 2.75) is 25.9 Å². The summed E-state index contributed by atoms with van der Waals surface area (Å²) in [5, 5.41) is 4.73. The van der Waals surface area contributed by atoms with Gasteiger partial charge < -0.3 is 14.8 Å². The Morgan fingerprint density at radius 1 is 1.00 bits per heavy atom. The molecule has 166 valence electrons. The van der Waals surface area contributed by atoms with E-state index in [0.29, 0.717) is 15.8 Å². The van der Waals surface area contributed by atoms with Gasteiger partial charge >= 0.3 is 0 Å². The van der Waals surface area contributed by atoms with Gasteiger partial charge in [0.2, 0.25) is 0 Å². The lowest BCUT2D eigenvalue weighted by atomic mass is 9.96. The Labute approximate surface area is 202 Å². The van der Waals surface area contributed by atoms with Gasteiger partial charge in [0.15, 0.2) is 5.11 Å². The van der Waals surface area contributed by atoms with E-state index in [9.17, 15) is 4.39 Å². The molecular formula is C26H22ClFN4S. The van der Waals surface area contributed by atoms with Crippen molar-refractivity contribution in [3.8, 4) is 5.69 Å². The molecule has 0 spiro atoms. The van der Waals surface area contributed by atoms with Gasteiger partial charge in [-0.05, 0) is 86.2 Å². The van der Waals surface area contributed by atoms with E-state index in [2.05, 4.69) is 21.3 Å². The number of rotatable bonds is 4. The zero-order chi connectivity index (χ0) is 23.1. The molecule has 1 N–H and O–H groups in total. The minimum atomic E-state index is -0.262. The summed E-state index contributed by atoms with van der Waals surface area (Å²) in [6.07, 6.45) is 1.78. The van der Waals surface area contributed by atoms with Crippen LogP contribution in [0.1, 0.15) is 34.7 Å². The molecule has 1 saturated heterocycles. The van der Waals surface area contributed by atoms with Crippen molar-refractivity contribution in [3.05, 3.63) is 112 Å². The molecule has 0 saturated carbocycles. The van der Waals surface area contributed by atoms with Crippen LogP contribution in [0.3, 0.4) is 0 Å². The number of hydrogen-bond acceptors (Lipinski definition) is 2. The largest absolute Gasteiger partial charge is 0.351 e. The fourth-order valence-electron chi connectivity index (χ4n) is 4.64. The predicted molar refractivity (Wildman–Crippen MR) is 135 cm³/mol. The number of para-hydroxylation sites is 1. The van der Waals surface area contributed by atoms with E-state index in [-0.39, 0.29) is 17.9 Å². The van der Waals surface area contributed by atoms with E-state index >= 15 is 0 Å². The van der Waals surface area contributed by atoms with Crippen LogP contribution in [0.5, 0.6) is 0 Å². The number of thiocarbonyl (C=S) groups is 1. The van der Waals surface area contributed by atoms with Crippen LogP contribution >= 0.6 is 23.8 Å². The molecule has 5 rings (SSSR count). The lowest BCUT2D eigenvalue weighted by Gasteiger charge is -2.28. The van der Waals surface area contributed by atoms with Gasteiger partial charge in [0, 0.05) is 28.3 Å². The molecule has 1 aliphatic heterocycles. The highest BCUT2D eigenvalue weighted by atomic mass is 35.5. The summed E-state index contributed by atoms with van der Waals surface area (Å²) in [5.74, 6) is -0.262. The summed E-state index contributed by atoms with van der Waals surface area (Å²) in [6, 6.07) is 22.1. The van der Waals surface area contributed by atoms with Crippen molar-refractivity contribution in [1.82, 2.24) is 14.9 Å². The molecule has 7 heteroatoms. The van der Waals surface area contributed by atoms with E-state index in [1.54, 1.807) is 18.3 Å². The average molecular weight is 477 g/mol. The predicted octanol–water partition coefficient (Wildman–Crippen LogP) is 6.46. The summed E-state index contributed by atoms with van der Waals surface area (Å²) in [5.41, 5.74) is 5.29. The zero-order valence-corrected chi connectivity index (χ0v) is 19.7. The second-order valence-corrected chi connectivity index (χ2v) is 8.91. The minimum absolute atomic E-state index is 0.177. The van der Waals surface area contributed by atoms with Crippen molar-refractivity contribution in [1.29, 1.82) is 0 Å². The van der Waals surface area contributed by atoms with Crippen LogP contribution in [0.4, 0.5) is 10.1 Å². The lowest BCUT2D eigenvalue weighted by Crippen LogP contribution is -2.29. The molecule has 0 aliphatic carbocycles. The van der Waals surface area contributed by atoms with Crippen LogP contribution in [0.25, 0.3) is 5.69 Å². The smallest absolute Gasteiger partial charge is 0.174 e. The molecule has 33 heavy (non-hydrogen) atoms. The van der Waals surface area contributed by atoms with Gasteiger partial charge in [-0.2, -0.15) is 0 Å². The highest BCUT2D eigenvalue weighted by molar-refractivity contribution is 7.80. The third-order valence-electron chi connectivity index (χ3n) is 6.09. The fraction of sp³-hybridized carbons (Fsp3) is 0.154. The normalized spacial score (nSPS) is 17.9. The monoisotopic (exact) mass is 476 g/mol. The van der Waals surface area contributed by atoms with E-state index in [0.717, 1.165) is 28.3 Å². The molecule has 4 nitrogen and oxygen atoms in total. The second kappa shape index (κ2) is 8.61. The number of nitrogens with one attached hydrogen (secondary N) is 1. The molecule has 0 amide bonds. The lowest BCUT2D eigenvalue weighted by molar-refractivity contribution is 0.564. The Hall–Kier alpha value is -3.22. The Bertz CT molecular complexity index is 1320. The van der Waals surface area contributed by atoms with Crippen LogP contribution in [0, 0.1) is 19.7 Å². The molecule has 0 unspecified atom stereocenters. The number of hydrogen-bond donors (Lipinski definition) is 1. The standard InChI is InChI=1S/C26H22ClFN4S/c1-16-15-20(17(2)31(16)23-9-4-3-7-21(23)28)25-24(22-8-5-6-14-29-22)30-26(33)32(25)19-12-10-18(27)11-13-19/h3-15,24-25H,1-2H3,(H,30,33)/t24-,25-/m1/s1. The van der Waals surface area contributed by atoms with Gasteiger partial charge in [-0.25, -0.2) is 4.39 Å². The topological polar surface area (TPSA) is 33.1 Å². The van der Waals surface area contributed by atoms with Crippen molar-refractivity contribution in [3.63, 3.8) is 0 Å². The summed E-state index contributed by atoms with van der Waals surface area (Å²) in [4.78, 5) is 6.70. The fourth-order valence-corrected chi connectivity index (χ4v) is 5.11. The van der Waals surface area contributed by atoms with E-state index in [1.807, 2.05) is 66.9 Å². The molecule has 1 fully saturated rings. The Morgan fingerprint density at radius 3 is 2.42 bits per heavy atom. The van der Waals surface area contributed by atoms with Gasteiger partial charge in [-0.3, -0.25) is 4.98 Å². The number of nitrogens with zero attached hydrogens (tertiary/aromatic N) is 3. The summed E-state index contributed by atoms with van der Waals surface area (Å²) in [7, 11) is 0. The van der Waals surface area contributed by atoms with Crippen LogP contribution < -0.4 is 10.2 Å². The molecule has 1 aliphatic rings. The number of aromatic nitrogens is 2. The first-order valence-electron chi connectivity index (χ1n) is 10.7. The van der Waals surface area contributed by atoms with Crippen molar-refractivity contribution >= 4 is 34.6 Å². The number of benzene rings is 2. The van der Waals surface area contributed by atoms with Crippen LogP contribution in [-0.4, -0.2) is 14.7 Å². The van der Waals surface area contributed by atoms with Crippen LogP contribution in [0.15, 0.2) is 79.0 Å². The molecule has 4 aromatic rings. The van der Waals surface area contributed by atoms with Crippen molar-refractivity contribution < 1.29 is 4.39 Å². The van der Waals surface area contributed by atoms with E-state index in [1.165, 1.54) is 6.07 Å². The molecule has 2 aromatic carbocycles. The molecule has 0 radical (unpaired) electrons. The third kappa shape index (κ3) is 3.79. The minimum Gasteiger partial charge on any atom is -0.351 e. The molecule has 0 bridgehead atoms. The maximum Gasteiger partial charge on any atom is 0.174 e. The van der Waals surface area contributed by atoms with Crippen molar-refractivity contribution in [2.75, 3.05) is 4.90 Å². The summed E-state index contributed by atoms with van der Waals surface area (Å²) >= 11 is 11.9. The van der Waals surface area contributed by atoms with Crippen molar-refractivity contribution in [2.24, 2.45) is 0 Å². The Kier molecular flexibility index (Phi) is 5.64. The third-order valence-corrected chi connectivity index (χ3v) is 6.65. The zero-order valence-electron chi connectivity index (χ0n) is 18.2. The second-order valence-electron chi connectivity index (χ2n) is 8.09. The first kappa shape index (κ1) is 21.6. The van der Waals surface area contributed by atoms with Gasteiger partial charge in [0.05, 0.1) is 23.5 Å². The summed E-state index contributed by atoms with van der Waals surface area (Å²) < 4.78 is 16.7. The first-order chi connectivity index (χ1) is 16.0. The van der Waals surface area contributed by atoms with E-state index in [4.69, 9.17) is 23.8 Å². The molecule has 3 heterocycles. The SMILES string of the molecule is Cc1cc([C@@H]2[C@@H](c3ccccn3)NC(=S)N2c2ccc(Cl)cc2)c(C)n1-c1ccccc1F. The quantitative estimate of drug-likeness (QED) is 0.343. The molecular weight excluding hydrogens is 455 g/mol. The maximum atomic E-state index is 14.7. The van der Waals surface area contributed by atoms with Gasteiger partial charge in [0.1, 0.15) is 5.82 Å². The number of anilines is 1. The van der Waals surface area contributed by atoms with Crippen LogP contribution in [-0.2, 0) is 0 Å². The number of halogens is 2. The van der Waals surface area contributed by atoms with Gasteiger partial charge in [-0.15, -0.1) is 0 Å². The highest BCUT2D eigenvalue weighted by Crippen LogP contribution is 2.44.